The Kier molecular flexibility index (Phi) is 5.01. The van der Waals surface area contributed by atoms with Gasteiger partial charge in [0, 0.05) is 0 Å². The molecule has 4 heterocycles. The summed E-state index contributed by atoms with van der Waals surface area (Å²) < 4.78 is 51.1. The molecule has 2 fully saturated rings. The lowest BCUT2D eigenvalue weighted by Gasteiger charge is -2.41. The molecule has 29 heavy (non-hydrogen) atoms. The smallest absolute Gasteiger partial charge is 0.328 e. The third kappa shape index (κ3) is 3.28. The molecule has 2 aliphatic rings. The topological polar surface area (TPSA) is 147 Å². The number of rotatable bonds is 4. The zero-order valence-electron chi connectivity index (χ0n) is 15.2. The number of fused-ring (bicyclic) bond motifs is 2. The van der Waals surface area contributed by atoms with Gasteiger partial charge in [-0.3, -0.25) is 18.9 Å². The summed E-state index contributed by atoms with van der Waals surface area (Å²) in [4.78, 5) is 22.1. The Morgan fingerprint density at radius 1 is 1.55 bits per heavy atom. The number of aromatic amines is 1. The van der Waals surface area contributed by atoms with E-state index in [1.807, 2.05) is 0 Å². The Labute approximate surface area is 167 Å². The van der Waals surface area contributed by atoms with Gasteiger partial charge >= 0.3 is 6.72 Å². The van der Waals surface area contributed by atoms with Crippen LogP contribution in [0.25, 0.3) is 11.2 Å². The summed E-state index contributed by atoms with van der Waals surface area (Å²) >= 11 is 5.23. The highest BCUT2D eigenvalue weighted by atomic mass is 32.5. The second-order valence-corrected chi connectivity index (χ2v) is 9.85. The number of nitrogen functional groups attached to an aromatic ring is 1. The van der Waals surface area contributed by atoms with E-state index in [1.54, 1.807) is 13.8 Å². The monoisotopic (exact) mass is 453 g/mol. The summed E-state index contributed by atoms with van der Waals surface area (Å²) in [5.74, 6) is -0.210. The van der Waals surface area contributed by atoms with Gasteiger partial charge < -0.3 is 24.6 Å². The molecule has 0 saturated carbocycles. The van der Waals surface area contributed by atoms with Crippen LogP contribution >= 0.6 is 6.72 Å². The zero-order valence-corrected chi connectivity index (χ0v) is 16.9. The number of aromatic nitrogens is 4. The molecular weight excluding hydrogens is 435 g/mol. The molecule has 2 aromatic rings. The maximum Gasteiger partial charge on any atom is 0.328 e. The van der Waals surface area contributed by atoms with Crippen LogP contribution in [0.15, 0.2) is 11.1 Å². The Hall–Kier alpha value is -1.54. The average molecular weight is 453 g/mol. The number of nitrogens with two attached hydrogens (primary N) is 1. The lowest BCUT2D eigenvalue weighted by Crippen LogP contribution is -2.56. The van der Waals surface area contributed by atoms with Crippen molar-refractivity contribution in [2.75, 3.05) is 12.3 Å². The second-order valence-electron chi connectivity index (χ2n) is 6.93. The molecule has 2 saturated heterocycles. The van der Waals surface area contributed by atoms with E-state index >= 15 is 0 Å². The number of H-pyrrole nitrogens is 1. The summed E-state index contributed by atoms with van der Waals surface area (Å²) in [6.07, 6.45) is -6.87. The number of imidazole rings is 1. The van der Waals surface area contributed by atoms with Crippen molar-refractivity contribution >= 4 is 35.6 Å². The molecule has 0 amide bonds. The molecule has 0 bridgehead atoms. The van der Waals surface area contributed by atoms with E-state index < -0.39 is 49.3 Å². The minimum Gasteiger partial charge on any atom is -0.386 e. The van der Waals surface area contributed by atoms with E-state index in [0.29, 0.717) is 0 Å². The molecule has 11 nitrogen and oxygen atoms in total. The van der Waals surface area contributed by atoms with E-state index in [4.69, 9.17) is 35.8 Å². The molecule has 0 spiro atoms. The first-order chi connectivity index (χ1) is 13.6. The van der Waals surface area contributed by atoms with Gasteiger partial charge in [0.2, 0.25) is 5.95 Å². The van der Waals surface area contributed by atoms with Crippen molar-refractivity contribution in [3.8, 4) is 0 Å². The van der Waals surface area contributed by atoms with E-state index in [1.165, 1.54) is 0 Å². The lowest BCUT2D eigenvalue weighted by molar-refractivity contribution is -0.204. The van der Waals surface area contributed by atoms with Crippen molar-refractivity contribution in [1.29, 1.82) is 0 Å². The van der Waals surface area contributed by atoms with Crippen molar-refractivity contribution in [2.24, 2.45) is 0 Å². The van der Waals surface area contributed by atoms with E-state index in [0.717, 1.165) is 10.9 Å². The summed E-state index contributed by atoms with van der Waals surface area (Å²) in [6.45, 7) is -0.653. The van der Waals surface area contributed by atoms with Gasteiger partial charge in [-0.25, -0.2) is 13.8 Å². The summed E-state index contributed by atoms with van der Waals surface area (Å²) in [7, 11) is 0. The molecule has 0 aromatic carbocycles. The predicted octanol–water partition coefficient (Wildman–Crippen LogP) is 0.660. The molecule has 4 N–H and O–H groups in total. The van der Waals surface area contributed by atoms with Crippen LogP contribution in [0.5, 0.6) is 0 Å². The first kappa shape index (κ1) is 20.7. The fourth-order valence-corrected chi connectivity index (χ4v) is 5.90. The maximum absolute atomic E-state index is 14.0. The van der Waals surface area contributed by atoms with Crippen LogP contribution in [0.4, 0.5) is 14.7 Å². The number of hydrogen-bond acceptors (Lipinski definition) is 10. The lowest BCUT2D eigenvalue weighted by atomic mass is 9.96. The number of nitrogens with zero attached hydrogens (tertiary/aromatic N) is 3. The quantitative estimate of drug-likeness (QED) is 0.564. The highest BCUT2D eigenvalue weighted by molar-refractivity contribution is 8.07. The molecule has 2 aromatic heterocycles. The second kappa shape index (κ2) is 7.01. The van der Waals surface area contributed by atoms with E-state index in [9.17, 15) is 18.7 Å². The standard InChI is InChI=1S/C14H18F2N5O6PS/c1-5(2)26-28(29)24-3-14(12(15)16)8(27-28)7(22)11(25-14)21-4-18-6-9(21)19-13(17)20-10(6)23/h4-5,7-8,11-12,22H,3H2,1-2H3,(H3,17,19,20,23)/t7-,8+,11+,14+,28?/m0/s1. The third-order valence-corrected chi connectivity index (χ3v) is 6.99. The van der Waals surface area contributed by atoms with Gasteiger partial charge in [0.15, 0.2) is 23.0 Å². The van der Waals surface area contributed by atoms with Crippen LogP contribution in [0, 0.1) is 0 Å². The largest absolute Gasteiger partial charge is 0.386 e. The fourth-order valence-electron chi connectivity index (χ4n) is 3.32. The number of aliphatic hydroxyl groups excluding tert-OH is 1. The molecular formula is C14H18F2N5O6PS. The molecule has 5 atom stereocenters. The Morgan fingerprint density at radius 2 is 2.28 bits per heavy atom. The van der Waals surface area contributed by atoms with Crippen molar-refractivity contribution in [2.45, 2.75) is 50.4 Å². The summed E-state index contributed by atoms with van der Waals surface area (Å²) in [6, 6.07) is 0. The van der Waals surface area contributed by atoms with Crippen LogP contribution in [0.3, 0.4) is 0 Å². The molecule has 15 heteroatoms. The van der Waals surface area contributed by atoms with Crippen molar-refractivity contribution < 1.29 is 32.2 Å². The number of halogens is 2. The van der Waals surface area contributed by atoms with Crippen molar-refractivity contribution in [3.05, 3.63) is 16.7 Å². The van der Waals surface area contributed by atoms with E-state index in [2.05, 4.69) is 15.0 Å². The first-order valence-electron chi connectivity index (χ1n) is 8.54. The van der Waals surface area contributed by atoms with Crippen LogP contribution in [0.1, 0.15) is 20.1 Å². The highest BCUT2D eigenvalue weighted by Gasteiger charge is 2.66. The molecule has 0 aliphatic carbocycles. The van der Waals surface area contributed by atoms with Gasteiger partial charge in [-0.15, -0.1) is 0 Å². The normalized spacial score (nSPS) is 34.9. The molecule has 1 unspecified atom stereocenters. The molecule has 160 valence electrons. The highest BCUT2D eigenvalue weighted by Crippen LogP contribution is 2.61. The minimum atomic E-state index is -3.38. The summed E-state index contributed by atoms with van der Waals surface area (Å²) in [5.41, 5.74) is 2.50. The zero-order chi connectivity index (χ0) is 21.1. The number of aliphatic hydroxyl groups is 1. The number of alkyl halides is 2. The van der Waals surface area contributed by atoms with Crippen LogP contribution in [-0.4, -0.2) is 61.6 Å². The van der Waals surface area contributed by atoms with Crippen LogP contribution in [-0.2, 0) is 30.1 Å². The van der Waals surface area contributed by atoms with Gasteiger partial charge in [-0.1, -0.05) is 0 Å². The van der Waals surface area contributed by atoms with Gasteiger partial charge in [-0.05, 0) is 25.7 Å². The Bertz CT molecular complexity index is 1050. The summed E-state index contributed by atoms with van der Waals surface area (Å²) in [5, 5.41) is 10.8. The van der Waals surface area contributed by atoms with Crippen LogP contribution < -0.4 is 11.3 Å². The van der Waals surface area contributed by atoms with Crippen molar-refractivity contribution in [3.63, 3.8) is 0 Å². The fraction of sp³-hybridized carbons (Fsp3) is 0.643. The van der Waals surface area contributed by atoms with Gasteiger partial charge in [0.25, 0.3) is 12.0 Å². The number of ether oxygens (including phenoxy) is 1. The molecule has 4 rings (SSSR count). The van der Waals surface area contributed by atoms with Gasteiger partial charge in [-0.2, -0.15) is 4.98 Å². The van der Waals surface area contributed by atoms with Gasteiger partial charge in [0.05, 0.1) is 19.0 Å². The first-order valence-corrected chi connectivity index (χ1v) is 11.1. The number of hydrogen-bond donors (Lipinski definition) is 3. The molecule has 0 radical (unpaired) electrons. The predicted molar refractivity (Wildman–Crippen MR) is 98.8 cm³/mol. The number of nitrogens with one attached hydrogen (secondary N) is 1. The van der Waals surface area contributed by atoms with Gasteiger partial charge in [0.1, 0.15) is 12.2 Å². The van der Waals surface area contributed by atoms with E-state index in [-0.39, 0.29) is 23.2 Å². The van der Waals surface area contributed by atoms with Crippen LogP contribution in [0.2, 0.25) is 0 Å². The van der Waals surface area contributed by atoms with Crippen molar-refractivity contribution in [1.82, 2.24) is 19.5 Å². The Balaban J connectivity index is 1.76. The minimum absolute atomic E-state index is 0.0443. The SMILES string of the molecule is CC(C)OP1(=S)OC[C@@]2(C(F)F)O[C@@H](n3cnc4c(=O)[nH]c(N)nc43)[C@@H](O)[C@H]2O1. The molecule has 2 aliphatic heterocycles. The Morgan fingerprint density at radius 3 is 2.93 bits per heavy atom. The maximum atomic E-state index is 14.0. The third-order valence-electron chi connectivity index (χ3n) is 4.55. The average Bonchev–Trinajstić information content (AvgIpc) is 3.14. The number of anilines is 1.